The highest BCUT2D eigenvalue weighted by atomic mass is 16.5. The fourth-order valence-corrected chi connectivity index (χ4v) is 1.37. The molecule has 102 valence electrons. The highest BCUT2D eigenvalue weighted by Crippen LogP contribution is 2.11. The Kier molecular flexibility index (Phi) is 4.06. The molecule has 0 amide bonds. The van der Waals surface area contributed by atoms with Crippen molar-refractivity contribution in [2.45, 2.75) is 13.5 Å². The van der Waals surface area contributed by atoms with Gasteiger partial charge in [-0.05, 0) is 6.92 Å². The van der Waals surface area contributed by atoms with Crippen LogP contribution in [0.15, 0.2) is 6.33 Å². The molecule has 0 atom stereocenters. The summed E-state index contributed by atoms with van der Waals surface area (Å²) < 4.78 is 7.09. The van der Waals surface area contributed by atoms with Crippen molar-refractivity contribution in [2.24, 2.45) is 7.05 Å². The Labute approximate surface area is 110 Å². The normalized spacial score (nSPS) is 10.3. The highest BCUT2D eigenvalue weighted by Gasteiger charge is 2.07. The number of aryl methyl sites for hydroxylation is 1. The largest absolute Gasteiger partial charge is 0.464 e. The second-order valence-electron chi connectivity index (χ2n) is 3.66. The van der Waals surface area contributed by atoms with E-state index in [1.165, 1.54) is 0 Å². The van der Waals surface area contributed by atoms with Gasteiger partial charge in [-0.1, -0.05) is 0 Å². The number of hydrogen-bond acceptors (Lipinski definition) is 8. The molecule has 0 spiro atoms. The zero-order valence-electron chi connectivity index (χ0n) is 11.1. The van der Waals surface area contributed by atoms with Crippen LogP contribution in [0.4, 0.5) is 11.9 Å². The van der Waals surface area contributed by atoms with Gasteiger partial charge in [0, 0.05) is 14.1 Å². The second-order valence-corrected chi connectivity index (χ2v) is 3.66. The van der Waals surface area contributed by atoms with Crippen molar-refractivity contribution in [1.29, 1.82) is 0 Å². The molecule has 2 N–H and O–H groups in total. The zero-order chi connectivity index (χ0) is 13.7. The van der Waals surface area contributed by atoms with E-state index in [9.17, 15) is 0 Å². The van der Waals surface area contributed by atoms with Gasteiger partial charge in [0.05, 0.1) is 13.2 Å². The molecule has 2 aromatic rings. The quantitative estimate of drug-likeness (QED) is 0.754. The Bertz CT molecular complexity index is 540. The van der Waals surface area contributed by atoms with Crippen LogP contribution in [0.25, 0.3) is 0 Å². The number of aromatic nitrogens is 6. The molecule has 2 rings (SSSR count). The lowest BCUT2D eigenvalue weighted by Gasteiger charge is -2.08. The third-order valence-corrected chi connectivity index (χ3v) is 2.32. The molecule has 2 heterocycles. The van der Waals surface area contributed by atoms with Crippen molar-refractivity contribution < 1.29 is 4.74 Å². The van der Waals surface area contributed by atoms with Gasteiger partial charge in [-0.25, -0.2) is 0 Å². The number of rotatable bonds is 6. The van der Waals surface area contributed by atoms with Crippen LogP contribution in [0, 0.1) is 0 Å². The lowest BCUT2D eigenvalue weighted by molar-refractivity contribution is 0.312. The lowest BCUT2D eigenvalue weighted by atomic mass is 10.6. The first-order valence-electron chi connectivity index (χ1n) is 5.86. The van der Waals surface area contributed by atoms with Crippen LogP contribution in [0.1, 0.15) is 12.7 Å². The Morgan fingerprint density at radius 1 is 1.26 bits per heavy atom. The number of anilines is 2. The first-order chi connectivity index (χ1) is 9.22. The van der Waals surface area contributed by atoms with E-state index in [0.717, 1.165) is 5.82 Å². The van der Waals surface area contributed by atoms with Gasteiger partial charge in [-0.3, -0.25) is 0 Å². The summed E-state index contributed by atoms with van der Waals surface area (Å²) in [5.74, 6) is 1.65. The van der Waals surface area contributed by atoms with Crippen LogP contribution in [0.3, 0.4) is 0 Å². The van der Waals surface area contributed by atoms with E-state index in [-0.39, 0.29) is 6.01 Å². The average Bonchev–Trinajstić information content (AvgIpc) is 2.82. The summed E-state index contributed by atoms with van der Waals surface area (Å²) in [5.41, 5.74) is 0. The molecule has 9 nitrogen and oxygen atoms in total. The van der Waals surface area contributed by atoms with E-state index in [4.69, 9.17) is 4.74 Å². The smallest absolute Gasteiger partial charge is 0.323 e. The molecule has 0 aliphatic rings. The van der Waals surface area contributed by atoms with E-state index in [1.54, 1.807) is 13.4 Å². The van der Waals surface area contributed by atoms with Gasteiger partial charge in [-0.2, -0.15) is 15.0 Å². The molecule has 0 saturated heterocycles. The predicted octanol–water partition coefficient (Wildman–Crippen LogP) is 0.0526. The average molecular weight is 264 g/mol. The Morgan fingerprint density at radius 3 is 2.68 bits per heavy atom. The van der Waals surface area contributed by atoms with Gasteiger partial charge in [0.15, 0.2) is 5.82 Å². The minimum atomic E-state index is 0.280. The zero-order valence-corrected chi connectivity index (χ0v) is 11.1. The maximum Gasteiger partial charge on any atom is 0.323 e. The first-order valence-corrected chi connectivity index (χ1v) is 5.86. The summed E-state index contributed by atoms with van der Waals surface area (Å²) in [6.07, 6.45) is 1.63. The maximum absolute atomic E-state index is 5.27. The summed E-state index contributed by atoms with van der Waals surface area (Å²) in [6, 6.07) is 0.280. The van der Waals surface area contributed by atoms with E-state index in [0.29, 0.717) is 25.0 Å². The molecule has 0 unspecified atom stereocenters. The van der Waals surface area contributed by atoms with E-state index >= 15 is 0 Å². The third kappa shape index (κ3) is 3.27. The van der Waals surface area contributed by atoms with Gasteiger partial charge in [0.25, 0.3) is 0 Å². The number of hydrogen-bond donors (Lipinski definition) is 2. The molecule has 19 heavy (non-hydrogen) atoms. The lowest BCUT2D eigenvalue weighted by Crippen LogP contribution is -2.11. The Morgan fingerprint density at radius 2 is 2.05 bits per heavy atom. The van der Waals surface area contributed by atoms with Crippen LogP contribution in [-0.4, -0.2) is 43.4 Å². The van der Waals surface area contributed by atoms with E-state index < -0.39 is 0 Å². The molecule has 2 aromatic heterocycles. The SMILES string of the molecule is CCOc1nc(NC)nc(NCc2nncn2C)n1. The maximum atomic E-state index is 5.27. The fourth-order valence-electron chi connectivity index (χ4n) is 1.37. The van der Waals surface area contributed by atoms with Crippen molar-refractivity contribution in [3.63, 3.8) is 0 Å². The van der Waals surface area contributed by atoms with Gasteiger partial charge in [0.1, 0.15) is 6.33 Å². The molecular weight excluding hydrogens is 248 g/mol. The number of ether oxygens (including phenoxy) is 1. The molecule has 0 radical (unpaired) electrons. The minimum absolute atomic E-state index is 0.280. The summed E-state index contributed by atoms with van der Waals surface area (Å²) >= 11 is 0. The van der Waals surface area contributed by atoms with Gasteiger partial charge >= 0.3 is 6.01 Å². The van der Waals surface area contributed by atoms with Crippen molar-refractivity contribution in [3.05, 3.63) is 12.2 Å². The van der Waals surface area contributed by atoms with Crippen LogP contribution in [0.2, 0.25) is 0 Å². The minimum Gasteiger partial charge on any atom is -0.464 e. The van der Waals surface area contributed by atoms with Crippen molar-refractivity contribution in [3.8, 4) is 6.01 Å². The number of nitrogens with one attached hydrogen (secondary N) is 2. The van der Waals surface area contributed by atoms with Crippen molar-refractivity contribution in [1.82, 2.24) is 29.7 Å². The molecule has 0 aliphatic heterocycles. The molecule has 0 aliphatic carbocycles. The number of nitrogens with zero attached hydrogens (tertiary/aromatic N) is 6. The van der Waals surface area contributed by atoms with Crippen molar-refractivity contribution in [2.75, 3.05) is 24.3 Å². The van der Waals surface area contributed by atoms with E-state index in [2.05, 4.69) is 35.8 Å². The molecule has 0 bridgehead atoms. The van der Waals surface area contributed by atoms with Gasteiger partial charge < -0.3 is 19.9 Å². The molecule has 0 saturated carbocycles. The summed E-state index contributed by atoms with van der Waals surface area (Å²) in [7, 11) is 3.60. The van der Waals surface area contributed by atoms with Crippen molar-refractivity contribution >= 4 is 11.9 Å². The summed E-state index contributed by atoms with van der Waals surface area (Å²) in [5, 5.41) is 13.7. The van der Waals surface area contributed by atoms with Gasteiger partial charge in [-0.15, -0.1) is 10.2 Å². The standard InChI is InChI=1S/C10H16N8O/c1-4-19-10-15-8(11-2)14-9(16-10)12-5-7-17-13-6-18(7)3/h6H,4-5H2,1-3H3,(H2,11,12,14,15,16). The summed E-state index contributed by atoms with van der Waals surface area (Å²) in [4.78, 5) is 12.4. The second kappa shape index (κ2) is 5.94. The molecule has 0 aromatic carbocycles. The molecule has 9 heteroatoms. The molecule has 0 fully saturated rings. The van der Waals surface area contributed by atoms with E-state index in [1.807, 2.05) is 18.5 Å². The van der Waals surface area contributed by atoms with Gasteiger partial charge in [0.2, 0.25) is 11.9 Å². The first kappa shape index (κ1) is 13.0. The third-order valence-electron chi connectivity index (χ3n) is 2.32. The highest BCUT2D eigenvalue weighted by molar-refractivity contribution is 5.35. The topological polar surface area (TPSA) is 103 Å². The van der Waals surface area contributed by atoms with Crippen LogP contribution >= 0.6 is 0 Å². The Hall–Kier alpha value is -2.45. The summed E-state index contributed by atoms with van der Waals surface area (Å²) in [6.45, 7) is 2.83. The van der Waals surface area contributed by atoms with Crippen LogP contribution < -0.4 is 15.4 Å². The Balaban J connectivity index is 2.10. The van der Waals surface area contributed by atoms with Crippen LogP contribution in [-0.2, 0) is 13.6 Å². The predicted molar refractivity (Wildman–Crippen MR) is 68.9 cm³/mol. The van der Waals surface area contributed by atoms with Crippen LogP contribution in [0.5, 0.6) is 6.01 Å². The monoisotopic (exact) mass is 264 g/mol. The fraction of sp³-hybridized carbons (Fsp3) is 0.500. The molecular formula is C10H16N8O.